The predicted octanol–water partition coefficient (Wildman–Crippen LogP) is 3.62. The number of hydrogen-bond donors (Lipinski definition) is 3. The number of aryl methyl sites for hydroxylation is 1. The summed E-state index contributed by atoms with van der Waals surface area (Å²) < 4.78 is 5.32. The zero-order valence-corrected chi connectivity index (χ0v) is 16.2. The number of nitrogens with one attached hydrogen (secondary N) is 2. The molecule has 2 heterocycles. The topological polar surface area (TPSA) is 123 Å². The highest BCUT2D eigenvalue weighted by Gasteiger charge is 2.19. The second-order valence-corrected chi connectivity index (χ2v) is 6.74. The van der Waals surface area contributed by atoms with Crippen molar-refractivity contribution in [1.82, 2.24) is 15.5 Å². The number of benzene rings is 2. The van der Waals surface area contributed by atoms with Crippen LogP contribution in [0.5, 0.6) is 0 Å². The molecule has 4 rings (SSSR count). The third kappa shape index (κ3) is 3.97. The van der Waals surface area contributed by atoms with Crippen LogP contribution in [0, 0.1) is 6.92 Å². The Morgan fingerprint density at radius 3 is 2.50 bits per heavy atom. The van der Waals surface area contributed by atoms with Gasteiger partial charge in [0.1, 0.15) is 0 Å². The van der Waals surface area contributed by atoms with E-state index in [1.807, 2.05) is 30.3 Å². The van der Waals surface area contributed by atoms with Crippen LogP contribution in [0.1, 0.15) is 21.6 Å². The van der Waals surface area contributed by atoms with E-state index in [2.05, 4.69) is 20.8 Å². The van der Waals surface area contributed by atoms with Gasteiger partial charge in [-0.05, 0) is 30.7 Å². The van der Waals surface area contributed by atoms with Gasteiger partial charge in [-0.2, -0.15) is 0 Å². The Morgan fingerprint density at radius 2 is 1.80 bits per heavy atom. The average molecular weight is 401 g/mol. The summed E-state index contributed by atoms with van der Waals surface area (Å²) in [4.78, 5) is 28.4. The molecule has 2 aromatic carbocycles. The van der Waals surface area contributed by atoms with Crippen LogP contribution >= 0.6 is 0 Å². The number of fused-ring (bicyclic) bond motifs is 1. The molecule has 8 nitrogen and oxygen atoms in total. The number of anilines is 1. The molecular weight excluding hydrogens is 382 g/mol. The van der Waals surface area contributed by atoms with E-state index in [4.69, 9.17) is 10.3 Å². The molecular formula is C22H19N5O3. The largest absolute Gasteiger partial charge is 0.351 e. The first-order valence-corrected chi connectivity index (χ1v) is 9.27. The molecule has 0 bridgehead atoms. The summed E-state index contributed by atoms with van der Waals surface area (Å²) in [5.74, 6) is -0.259. The number of hydrogen-bond acceptors (Lipinski definition) is 5. The van der Waals surface area contributed by atoms with Crippen molar-refractivity contribution in [2.45, 2.75) is 13.5 Å². The van der Waals surface area contributed by atoms with E-state index in [-0.39, 0.29) is 5.91 Å². The van der Waals surface area contributed by atoms with Gasteiger partial charge in [0.2, 0.25) is 0 Å². The van der Waals surface area contributed by atoms with Crippen LogP contribution in [-0.4, -0.2) is 22.1 Å². The second-order valence-electron chi connectivity index (χ2n) is 6.74. The standard InChI is InChI=1S/C22H19N5O3/c1-13-19-17(11-18(26-21(19)30-27-13)15-5-3-2-4-6-15)20(28)24-12-14-7-9-16(10-8-14)25-22(23)29/h2-11H,12H2,1H3,(H,24,28)(H3,23,25,29). The van der Waals surface area contributed by atoms with Crippen LogP contribution in [0.2, 0.25) is 0 Å². The van der Waals surface area contributed by atoms with Gasteiger partial charge in [-0.1, -0.05) is 47.6 Å². The number of urea groups is 1. The smallest absolute Gasteiger partial charge is 0.316 e. The molecule has 0 atom stereocenters. The van der Waals surface area contributed by atoms with Gasteiger partial charge in [-0.15, -0.1) is 0 Å². The molecule has 0 fully saturated rings. The molecule has 0 spiro atoms. The number of aromatic nitrogens is 2. The quantitative estimate of drug-likeness (QED) is 0.471. The molecule has 0 aliphatic heterocycles. The van der Waals surface area contributed by atoms with E-state index in [9.17, 15) is 9.59 Å². The lowest BCUT2D eigenvalue weighted by atomic mass is 10.0. The van der Waals surface area contributed by atoms with Gasteiger partial charge >= 0.3 is 6.03 Å². The van der Waals surface area contributed by atoms with Crippen LogP contribution in [0.25, 0.3) is 22.4 Å². The highest BCUT2D eigenvalue weighted by molar-refractivity contribution is 6.07. The average Bonchev–Trinajstić information content (AvgIpc) is 3.13. The predicted molar refractivity (Wildman–Crippen MR) is 113 cm³/mol. The molecule has 0 saturated carbocycles. The Morgan fingerprint density at radius 1 is 1.07 bits per heavy atom. The van der Waals surface area contributed by atoms with Crippen LogP contribution in [0.3, 0.4) is 0 Å². The van der Waals surface area contributed by atoms with E-state index >= 15 is 0 Å². The fraction of sp³-hybridized carbons (Fsp3) is 0.0909. The number of amides is 3. The number of pyridine rings is 1. The highest BCUT2D eigenvalue weighted by atomic mass is 16.5. The maximum Gasteiger partial charge on any atom is 0.316 e. The lowest BCUT2D eigenvalue weighted by Crippen LogP contribution is -2.23. The summed E-state index contributed by atoms with van der Waals surface area (Å²) in [6.07, 6.45) is 0. The number of primary amides is 1. The zero-order chi connectivity index (χ0) is 21.1. The Labute approximate surface area is 172 Å². The first-order valence-electron chi connectivity index (χ1n) is 9.27. The number of nitrogens with zero attached hydrogens (tertiary/aromatic N) is 2. The number of carbonyl (C=O) groups excluding carboxylic acids is 2. The summed E-state index contributed by atoms with van der Waals surface area (Å²) in [5.41, 5.74) is 9.43. The fourth-order valence-electron chi connectivity index (χ4n) is 3.16. The highest BCUT2D eigenvalue weighted by Crippen LogP contribution is 2.27. The summed E-state index contributed by atoms with van der Waals surface area (Å²) in [5, 5.41) is 9.96. The maximum absolute atomic E-state index is 13.0. The Kier molecular flexibility index (Phi) is 5.13. The number of rotatable bonds is 5. The minimum absolute atomic E-state index is 0.259. The Bertz CT molecular complexity index is 1220. The molecule has 30 heavy (non-hydrogen) atoms. The van der Waals surface area contributed by atoms with Crippen molar-refractivity contribution in [3.63, 3.8) is 0 Å². The SMILES string of the molecule is Cc1noc2nc(-c3ccccc3)cc(C(=O)NCc3ccc(NC(N)=O)cc3)c12. The summed E-state index contributed by atoms with van der Waals surface area (Å²) in [7, 11) is 0. The normalized spacial score (nSPS) is 10.7. The minimum Gasteiger partial charge on any atom is -0.351 e. The third-order valence-corrected chi connectivity index (χ3v) is 4.61. The summed E-state index contributed by atoms with van der Waals surface area (Å²) in [6, 6.07) is 17.7. The maximum atomic E-state index is 13.0. The van der Waals surface area contributed by atoms with Gasteiger partial charge < -0.3 is 20.9 Å². The Hall–Kier alpha value is -4.20. The lowest BCUT2D eigenvalue weighted by Gasteiger charge is -2.09. The van der Waals surface area contributed by atoms with Crippen molar-refractivity contribution in [2.24, 2.45) is 5.73 Å². The van der Waals surface area contributed by atoms with Crippen molar-refractivity contribution in [1.29, 1.82) is 0 Å². The fourth-order valence-corrected chi connectivity index (χ4v) is 3.16. The molecule has 0 aliphatic rings. The van der Waals surface area contributed by atoms with Gasteiger partial charge in [0.25, 0.3) is 11.6 Å². The number of carbonyl (C=O) groups is 2. The Balaban J connectivity index is 1.59. The molecule has 2 aromatic heterocycles. The monoisotopic (exact) mass is 401 g/mol. The third-order valence-electron chi connectivity index (χ3n) is 4.61. The van der Waals surface area contributed by atoms with Crippen LogP contribution in [0.4, 0.5) is 10.5 Å². The molecule has 150 valence electrons. The van der Waals surface area contributed by atoms with Gasteiger partial charge in [-0.3, -0.25) is 4.79 Å². The molecule has 0 unspecified atom stereocenters. The van der Waals surface area contributed by atoms with E-state index in [0.29, 0.717) is 40.3 Å². The van der Waals surface area contributed by atoms with Crippen LogP contribution in [-0.2, 0) is 6.54 Å². The first kappa shape index (κ1) is 19.1. The van der Waals surface area contributed by atoms with Crippen molar-refractivity contribution in [3.8, 4) is 11.3 Å². The summed E-state index contributed by atoms with van der Waals surface area (Å²) in [6.45, 7) is 2.08. The van der Waals surface area contributed by atoms with Crippen molar-refractivity contribution in [2.75, 3.05) is 5.32 Å². The van der Waals surface area contributed by atoms with Gasteiger partial charge in [0.05, 0.1) is 22.3 Å². The first-order chi connectivity index (χ1) is 14.5. The molecule has 3 amide bonds. The van der Waals surface area contributed by atoms with Gasteiger partial charge in [0.15, 0.2) is 0 Å². The van der Waals surface area contributed by atoms with E-state index < -0.39 is 6.03 Å². The van der Waals surface area contributed by atoms with Gasteiger partial charge in [0, 0.05) is 17.8 Å². The molecule has 4 aromatic rings. The van der Waals surface area contributed by atoms with Crippen LogP contribution in [0.15, 0.2) is 65.2 Å². The molecule has 4 N–H and O–H groups in total. The summed E-state index contributed by atoms with van der Waals surface area (Å²) >= 11 is 0. The molecule has 8 heteroatoms. The molecule has 0 radical (unpaired) electrons. The van der Waals surface area contributed by atoms with E-state index in [1.54, 1.807) is 37.3 Å². The van der Waals surface area contributed by atoms with Crippen molar-refractivity contribution >= 4 is 28.7 Å². The second kappa shape index (κ2) is 8.04. The van der Waals surface area contributed by atoms with Crippen LogP contribution < -0.4 is 16.4 Å². The van der Waals surface area contributed by atoms with Crippen molar-refractivity contribution in [3.05, 3.63) is 77.5 Å². The van der Waals surface area contributed by atoms with E-state index in [1.165, 1.54) is 0 Å². The molecule has 0 saturated heterocycles. The van der Waals surface area contributed by atoms with Gasteiger partial charge in [-0.25, -0.2) is 9.78 Å². The minimum atomic E-state index is -0.629. The molecule has 0 aliphatic carbocycles. The van der Waals surface area contributed by atoms with Crippen molar-refractivity contribution < 1.29 is 14.1 Å². The zero-order valence-electron chi connectivity index (χ0n) is 16.2. The lowest BCUT2D eigenvalue weighted by molar-refractivity contribution is 0.0952. The van der Waals surface area contributed by atoms with E-state index in [0.717, 1.165) is 11.1 Å². The number of nitrogens with two attached hydrogens (primary N) is 1.